The molecule has 1 aromatic rings. The fourth-order valence-electron chi connectivity index (χ4n) is 3.60. The first-order valence-electron chi connectivity index (χ1n) is 9.04. The quantitative estimate of drug-likeness (QED) is 0.892. The Balaban J connectivity index is 1.42. The molecule has 5 heteroatoms. The molecule has 0 aliphatic carbocycles. The van der Waals surface area contributed by atoms with Crippen LogP contribution in [-0.2, 0) is 9.53 Å². The van der Waals surface area contributed by atoms with Crippen LogP contribution in [0.1, 0.15) is 24.0 Å². The van der Waals surface area contributed by atoms with Crippen LogP contribution in [0.25, 0.3) is 0 Å². The summed E-state index contributed by atoms with van der Waals surface area (Å²) < 4.78 is 5.54. The Morgan fingerprint density at radius 1 is 1.25 bits per heavy atom. The van der Waals surface area contributed by atoms with Crippen LogP contribution in [0.5, 0.6) is 0 Å². The van der Waals surface area contributed by atoms with E-state index in [4.69, 9.17) is 4.74 Å². The summed E-state index contributed by atoms with van der Waals surface area (Å²) in [6.45, 7) is 10.1. The Labute approximate surface area is 145 Å². The van der Waals surface area contributed by atoms with Crippen molar-refractivity contribution in [3.05, 3.63) is 29.3 Å². The molecule has 0 aromatic heterocycles. The molecular weight excluding hydrogens is 302 g/mol. The van der Waals surface area contributed by atoms with Gasteiger partial charge in [0.2, 0.25) is 5.91 Å². The van der Waals surface area contributed by atoms with E-state index in [1.165, 1.54) is 16.8 Å². The first-order valence-corrected chi connectivity index (χ1v) is 9.04. The van der Waals surface area contributed by atoms with E-state index in [1.54, 1.807) is 0 Å². The first-order chi connectivity index (χ1) is 11.6. The van der Waals surface area contributed by atoms with E-state index in [0.717, 1.165) is 45.6 Å². The lowest BCUT2D eigenvalue weighted by atomic mass is 10.1. The molecule has 1 aromatic carbocycles. The number of piperazine rings is 1. The zero-order valence-corrected chi connectivity index (χ0v) is 14.9. The second kappa shape index (κ2) is 7.99. The number of nitrogens with zero attached hydrogens (tertiary/aromatic N) is 2. The van der Waals surface area contributed by atoms with Gasteiger partial charge in [0.1, 0.15) is 0 Å². The molecule has 3 rings (SSSR count). The fraction of sp³-hybridized carbons (Fsp3) is 0.632. The van der Waals surface area contributed by atoms with Gasteiger partial charge in [0.15, 0.2) is 0 Å². The van der Waals surface area contributed by atoms with E-state index in [-0.39, 0.29) is 12.0 Å². The molecule has 24 heavy (non-hydrogen) atoms. The number of hydrogen-bond donors (Lipinski definition) is 1. The molecule has 2 fully saturated rings. The Morgan fingerprint density at radius 2 is 2.04 bits per heavy atom. The number of nitrogens with one attached hydrogen (secondary N) is 1. The van der Waals surface area contributed by atoms with Gasteiger partial charge in [0.05, 0.1) is 12.6 Å². The lowest BCUT2D eigenvalue weighted by Gasteiger charge is -2.36. The summed E-state index contributed by atoms with van der Waals surface area (Å²) in [5, 5.41) is 3.01. The molecule has 5 nitrogen and oxygen atoms in total. The Bertz CT molecular complexity index is 562. The number of carbonyl (C=O) groups is 1. The third-order valence-electron chi connectivity index (χ3n) is 4.98. The lowest BCUT2D eigenvalue weighted by molar-refractivity contribution is -0.122. The van der Waals surface area contributed by atoms with Gasteiger partial charge in [-0.1, -0.05) is 17.7 Å². The first kappa shape index (κ1) is 17.2. The van der Waals surface area contributed by atoms with Crippen molar-refractivity contribution >= 4 is 11.6 Å². The highest BCUT2D eigenvalue weighted by Crippen LogP contribution is 2.22. The molecule has 1 atom stereocenters. The number of rotatable bonds is 5. The van der Waals surface area contributed by atoms with Crippen LogP contribution in [0.15, 0.2) is 18.2 Å². The molecule has 2 saturated heterocycles. The monoisotopic (exact) mass is 331 g/mol. The molecule has 1 N–H and O–H groups in total. The predicted molar refractivity (Wildman–Crippen MR) is 96.6 cm³/mol. The van der Waals surface area contributed by atoms with E-state index >= 15 is 0 Å². The minimum Gasteiger partial charge on any atom is -0.376 e. The molecule has 0 bridgehead atoms. The smallest absolute Gasteiger partial charge is 0.234 e. The highest BCUT2D eigenvalue weighted by Gasteiger charge is 2.21. The number of aryl methyl sites for hydroxylation is 2. The van der Waals surface area contributed by atoms with Crippen LogP contribution in [0, 0.1) is 13.8 Å². The summed E-state index contributed by atoms with van der Waals surface area (Å²) in [4.78, 5) is 16.8. The molecule has 2 aliphatic rings. The third-order valence-corrected chi connectivity index (χ3v) is 4.98. The summed E-state index contributed by atoms with van der Waals surface area (Å²) in [5.41, 5.74) is 3.96. The molecule has 1 unspecified atom stereocenters. The van der Waals surface area contributed by atoms with Crippen LogP contribution in [0.2, 0.25) is 0 Å². The maximum atomic E-state index is 12.1. The van der Waals surface area contributed by atoms with E-state index in [0.29, 0.717) is 13.1 Å². The summed E-state index contributed by atoms with van der Waals surface area (Å²) in [7, 11) is 0. The van der Waals surface area contributed by atoms with Crippen molar-refractivity contribution in [3.8, 4) is 0 Å². The summed E-state index contributed by atoms with van der Waals surface area (Å²) in [6, 6.07) is 6.63. The molecule has 0 radical (unpaired) electrons. The zero-order valence-electron chi connectivity index (χ0n) is 14.9. The van der Waals surface area contributed by atoms with Gasteiger partial charge in [0.25, 0.3) is 0 Å². The summed E-state index contributed by atoms with van der Waals surface area (Å²) in [6.07, 6.45) is 2.39. The minimum atomic E-state index is 0.116. The van der Waals surface area contributed by atoms with Gasteiger partial charge in [-0.25, -0.2) is 0 Å². The molecule has 2 aliphatic heterocycles. The van der Waals surface area contributed by atoms with Crippen molar-refractivity contribution in [1.82, 2.24) is 10.2 Å². The molecule has 2 heterocycles. The highest BCUT2D eigenvalue weighted by atomic mass is 16.5. The van der Waals surface area contributed by atoms with Gasteiger partial charge in [0, 0.05) is 45.0 Å². The molecule has 0 spiro atoms. The molecule has 132 valence electrons. The van der Waals surface area contributed by atoms with E-state index in [9.17, 15) is 4.79 Å². The van der Waals surface area contributed by atoms with Crippen molar-refractivity contribution in [1.29, 1.82) is 0 Å². The van der Waals surface area contributed by atoms with Crippen LogP contribution >= 0.6 is 0 Å². The lowest BCUT2D eigenvalue weighted by Crippen LogP contribution is -2.50. The number of anilines is 1. The SMILES string of the molecule is Cc1ccc(N2CCN(CC(=O)NCC3CCCO3)CC2)c(C)c1. The Kier molecular flexibility index (Phi) is 5.74. The largest absolute Gasteiger partial charge is 0.376 e. The summed E-state index contributed by atoms with van der Waals surface area (Å²) >= 11 is 0. The number of carbonyl (C=O) groups excluding carboxylic acids is 1. The van der Waals surface area contributed by atoms with E-state index < -0.39 is 0 Å². The van der Waals surface area contributed by atoms with Gasteiger partial charge < -0.3 is 15.0 Å². The molecule has 1 amide bonds. The maximum absolute atomic E-state index is 12.1. The molecule has 0 saturated carbocycles. The van der Waals surface area contributed by atoms with E-state index in [1.807, 2.05) is 0 Å². The molecular formula is C19H29N3O2. The van der Waals surface area contributed by atoms with Crippen molar-refractivity contribution in [2.45, 2.75) is 32.8 Å². The average molecular weight is 331 g/mol. The fourth-order valence-corrected chi connectivity index (χ4v) is 3.60. The normalized spacial score (nSPS) is 21.9. The van der Waals surface area contributed by atoms with Gasteiger partial charge in [-0.3, -0.25) is 9.69 Å². The van der Waals surface area contributed by atoms with Crippen LogP contribution in [0.4, 0.5) is 5.69 Å². The van der Waals surface area contributed by atoms with Crippen molar-refractivity contribution < 1.29 is 9.53 Å². The predicted octanol–water partition coefficient (Wildman–Crippen LogP) is 1.72. The average Bonchev–Trinajstić information content (AvgIpc) is 3.07. The Morgan fingerprint density at radius 3 is 2.71 bits per heavy atom. The third kappa shape index (κ3) is 4.48. The minimum absolute atomic E-state index is 0.116. The van der Waals surface area contributed by atoms with Gasteiger partial charge in [-0.2, -0.15) is 0 Å². The van der Waals surface area contributed by atoms with Gasteiger partial charge in [-0.05, 0) is 38.3 Å². The Hall–Kier alpha value is -1.59. The van der Waals surface area contributed by atoms with Crippen molar-refractivity contribution in [3.63, 3.8) is 0 Å². The number of ether oxygens (including phenoxy) is 1. The van der Waals surface area contributed by atoms with Crippen molar-refractivity contribution in [2.24, 2.45) is 0 Å². The standard InChI is InChI=1S/C19H29N3O2/c1-15-5-6-18(16(2)12-15)22-9-7-21(8-10-22)14-19(23)20-13-17-4-3-11-24-17/h5-6,12,17H,3-4,7-11,13-14H2,1-2H3,(H,20,23). The van der Waals surface area contributed by atoms with Crippen molar-refractivity contribution in [2.75, 3.05) is 50.8 Å². The number of benzene rings is 1. The second-order valence-electron chi connectivity index (χ2n) is 6.99. The summed E-state index contributed by atoms with van der Waals surface area (Å²) in [5.74, 6) is 0.116. The van der Waals surface area contributed by atoms with Crippen LogP contribution in [-0.4, -0.2) is 62.8 Å². The topological polar surface area (TPSA) is 44.8 Å². The van der Waals surface area contributed by atoms with Gasteiger partial charge in [-0.15, -0.1) is 0 Å². The van der Waals surface area contributed by atoms with Crippen LogP contribution < -0.4 is 10.2 Å². The van der Waals surface area contributed by atoms with E-state index in [2.05, 4.69) is 47.2 Å². The number of hydrogen-bond acceptors (Lipinski definition) is 4. The maximum Gasteiger partial charge on any atom is 0.234 e. The van der Waals surface area contributed by atoms with Crippen LogP contribution in [0.3, 0.4) is 0 Å². The zero-order chi connectivity index (χ0) is 16.9. The van der Waals surface area contributed by atoms with Gasteiger partial charge >= 0.3 is 0 Å². The highest BCUT2D eigenvalue weighted by molar-refractivity contribution is 5.78. The number of amides is 1. The second-order valence-corrected chi connectivity index (χ2v) is 6.99.